The molecule has 0 saturated carbocycles. The minimum Gasteiger partial charge on any atom is -0.493 e. The summed E-state index contributed by atoms with van der Waals surface area (Å²) in [6.07, 6.45) is 2.23. The van der Waals surface area contributed by atoms with Crippen LogP contribution in [0.1, 0.15) is 12.0 Å². The highest BCUT2D eigenvalue weighted by molar-refractivity contribution is 6.14. The maximum atomic E-state index is 12.1. The molecule has 0 aromatic heterocycles. The van der Waals surface area contributed by atoms with Crippen LogP contribution in [-0.4, -0.2) is 32.6 Å². The number of amides is 1. The van der Waals surface area contributed by atoms with Crippen molar-refractivity contribution in [3.8, 4) is 17.2 Å². The van der Waals surface area contributed by atoms with Crippen molar-refractivity contribution in [3.05, 3.63) is 59.8 Å². The second kappa shape index (κ2) is 8.20. The van der Waals surface area contributed by atoms with Crippen LogP contribution in [0.15, 0.2) is 59.2 Å². The summed E-state index contributed by atoms with van der Waals surface area (Å²) < 4.78 is 16.1. The first-order valence-electron chi connectivity index (χ1n) is 8.20. The van der Waals surface area contributed by atoms with Crippen molar-refractivity contribution in [2.75, 3.05) is 20.8 Å². The molecule has 2 aromatic carbocycles. The molecule has 134 valence electrons. The van der Waals surface area contributed by atoms with Gasteiger partial charge in [0.15, 0.2) is 11.5 Å². The van der Waals surface area contributed by atoms with Gasteiger partial charge in [0.25, 0.3) is 5.91 Å². The third kappa shape index (κ3) is 4.22. The second-order valence-corrected chi connectivity index (χ2v) is 5.57. The molecule has 0 aliphatic carbocycles. The lowest BCUT2D eigenvalue weighted by atomic mass is 10.1. The molecule has 6 heteroatoms. The quantitative estimate of drug-likeness (QED) is 0.778. The van der Waals surface area contributed by atoms with Crippen molar-refractivity contribution >= 4 is 17.8 Å². The molecular formula is C20H20N2O4. The number of nitrogens with zero attached hydrogens (tertiary/aromatic N) is 1. The van der Waals surface area contributed by atoms with Gasteiger partial charge in [0.05, 0.1) is 20.8 Å². The number of rotatable bonds is 7. The van der Waals surface area contributed by atoms with Gasteiger partial charge < -0.3 is 19.5 Å². The fourth-order valence-electron chi connectivity index (χ4n) is 2.52. The standard InChI is InChI=1S/C20H20N2O4/c1-24-17-9-8-14(13-18(17)25-2)12-16-20(23)22-19(21-16)10-11-26-15-6-4-3-5-7-15/h3-9,12-13H,10-11H2,1-2H3,(H,21,22,23)/b16-12+. The molecule has 1 heterocycles. The van der Waals surface area contributed by atoms with Crippen LogP contribution in [0, 0.1) is 0 Å². The second-order valence-electron chi connectivity index (χ2n) is 5.57. The third-order valence-corrected chi connectivity index (χ3v) is 3.81. The summed E-state index contributed by atoms with van der Waals surface area (Å²) >= 11 is 0. The summed E-state index contributed by atoms with van der Waals surface area (Å²) in [5.41, 5.74) is 1.16. The number of methoxy groups -OCH3 is 2. The molecule has 0 unspecified atom stereocenters. The summed E-state index contributed by atoms with van der Waals surface area (Å²) in [4.78, 5) is 16.5. The summed E-state index contributed by atoms with van der Waals surface area (Å²) in [6, 6.07) is 15.0. The van der Waals surface area contributed by atoms with E-state index >= 15 is 0 Å². The monoisotopic (exact) mass is 352 g/mol. The molecule has 0 saturated heterocycles. The first-order chi connectivity index (χ1) is 12.7. The van der Waals surface area contributed by atoms with E-state index in [-0.39, 0.29) is 5.91 Å². The Bertz CT molecular complexity index is 844. The zero-order valence-electron chi connectivity index (χ0n) is 14.7. The van der Waals surface area contributed by atoms with Gasteiger partial charge in [-0.1, -0.05) is 24.3 Å². The lowest BCUT2D eigenvalue weighted by Gasteiger charge is -2.07. The molecular weight excluding hydrogens is 332 g/mol. The van der Waals surface area contributed by atoms with Gasteiger partial charge in [0, 0.05) is 6.42 Å². The predicted octanol–water partition coefficient (Wildman–Crippen LogP) is 3.04. The van der Waals surface area contributed by atoms with Crippen LogP contribution in [-0.2, 0) is 4.79 Å². The Labute approximate surface area is 152 Å². The summed E-state index contributed by atoms with van der Waals surface area (Å²) in [7, 11) is 3.15. The molecule has 0 radical (unpaired) electrons. The number of ether oxygens (including phenoxy) is 3. The van der Waals surface area contributed by atoms with E-state index in [2.05, 4.69) is 10.3 Å². The van der Waals surface area contributed by atoms with E-state index in [0.29, 0.717) is 36.1 Å². The van der Waals surface area contributed by atoms with Gasteiger partial charge in [0.2, 0.25) is 0 Å². The molecule has 0 spiro atoms. The van der Waals surface area contributed by atoms with Gasteiger partial charge in [-0.05, 0) is 35.9 Å². The van der Waals surface area contributed by atoms with Crippen LogP contribution in [0.5, 0.6) is 17.2 Å². The normalized spacial score (nSPS) is 14.8. The first kappa shape index (κ1) is 17.5. The number of benzene rings is 2. The molecule has 2 aromatic rings. The van der Waals surface area contributed by atoms with Crippen molar-refractivity contribution in [1.82, 2.24) is 5.32 Å². The van der Waals surface area contributed by atoms with Crippen LogP contribution < -0.4 is 19.5 Å². The molecule has 0 atom stereocenters. The SMILES string of the molecule is COc1ccc(/C=C2/N=C(CCOc3ccccc3)NC2=O)cc1OC. The Morgan fingerprint density at radius 3 is 2.54 bits per heavy atom. The number of hydrogen-bond acceptors (Lipinski definition) is 5. The Kier molecular flexibility index (Phi) is 5.53. The highest BCUT2D eigenvalue weighted by Crippen LogP contribution is 2.28. The van der Waals surface area contributed by atoms with Gasteiger partial charge in [-0.15, -0.1) is 0 Å². The molecule has 3 rings (SSSR count). The van der Waals surface area contributed by atoms with E-state index in [9.17, 15) is 4.79 Å². The fourth-order valence-corrected chi connectivity index (χ4v) is 2.52. The number of amidine groups is 1. The van der Waals surface area contributed by atoms with Crippen molar-refractivity contribution in [2.24, 2.45) is 4.99 Å². The van der Waals surface area contributed by atoms with Gasteiger partial charge in [-0.3, -0.25) is 4.79 Å². The highest BCUT2D eigenvalue weighted by atomic mass is 16.5. The number of carbonyl (C=O) groups excluding carboxylic acids is 1. The van der Waals surface area contributed by atoms with Crippen molar-refractivity contribution in [1.29, 1.82) is 0 Å². The summed E-state index contributed by atoms with van der Waals surface area (Å²) in [5, 5.41) is 2.77. The Morgan fingerprint density at radius 2 is 1.81 bits per heavy atom. The Hall–Kier alpha value is -3.28. The van der Waals surface area contributed by atoms with Crippen LogP contribution in [0.2, 0.25) is 0 Å². The zero-order valence-corrected chi connectivity index (χ0v) is 14.7. The molecule has 1 N–H and O–H groups in total. The predicted molar refractivity (Wildman–Crippen MR) is 99.7 cm³/mol. The molecule has 0 bridgehead atoms. The number of carbonyl (C=O) groups is 1. The largest absolute Gasteiger partial charge is 0.493 e. The molecule has 1 aliphatic heterocycles. The average molecular weight is 352 g/mol. The minimum absolute atomic E-state index is 0.227. The van der Waals surface area contributed by atoms with Crippen molar-refractivity contribution < 1.29 is 19.0 Å². The van der Waals surface area contributed by atoms with Crippen LogP contribution in [0.25, 0.3) is 6.08 Å². The van der Waals surface area contributed by atoms with E-state index in [1.54, 1.807) is 32.4 Å². The lowest BCUT2D eigenvalue weighted by molar-refractivity contribution is -0.115. The molecule has 6 nitrogen and oxygen atoms in total. The molecule has 26 heavy (non-hydrogen) atoms. The van der Waals surface area contributed by atoms with Gasteiger partial charge >= 0.3 is 0 Å². The van der Waals surface area contributed by atoms with Crippen LogP contribution >= 0.6 is 0 Å². The number of nitrogens with one attached hydrogen (secondary N) is 1. The smallest absolute Gasteiger partial charge is 0.275 e. The maximum Gasteiger partial charge on any atom is 0.275 e. The van der Waals surface area contributed by atoms with E-state index in [1.165, 1.54) is 0 Å². The fraction of sp³-hybridized carbons (Fsp3) is 0.200. The van der Waals surface area contributed by atoms with Gasteiger partial charge in [-0.25, -0.2) is 4.99 Å². The average Bonchev–Trinajstić information content (AvgIpc) is 3.01. The minimum atomic E-state index is -0.227. The Morgan fingerprint density at radius 1 is 1.04 bits per heavy atom. The lowest BCUT2D eigenvalue weighted by Crippen LogP contribution is -2.25. The van der Waals surface area contributed by atoms with E-state index in [4.69, 9.17) is 14.2 Å². The van der Waals surface area contributed by atoms with Gasteiger partial charge in [-0.2, -0.15) is 0 Å². The highest BCUT2D eigenvalue weighted by Gasteiger charge is 2.20. The van der Waals surface area contributed by atoms with Crippen molar-refractivity contribution in [3.63, 3.8) is 0 Å². The Balaban J connectivity index is 1.66. The molecule has 1 amide bonds. The third-order valence-electron chi connectivity index (χ3n) is 3.81. The zero-order chi connectivity index (χ0) is 18.4. The molecule has 1 aliphatic rings. The van der Waals surface area contributed by atoms with Crippen LogP contribution in [0.3, 0.4) is 0 Å². The van der Waals surface area contributed by atoms with Gasteiger partial charge in [0.1, 0.15) is 17.3 Å². The summed E-state index contributed by atoms with van der Waals surface area (Å²) in [5.74, 6) is 2.39. The van der Waals surface area contributed by atoms with Crippen LogP contribution in [0.4, 0.5) is 0 Å². The van der Waals surface area contributed by atoms with E-state index < -0.39 is 0 Å². The van der Waals surface area contributed by atoms with E-state index in [0.717, 1.165) is 11.3 Å². The molecule has 0 fully saturated rings. The van der Waals surface area contributed by atoms with Crippen molar-refractivity contribution in [2.45, 2.75) is 6.42 Å². The number of para-hydroxylation sites is 1. The first-order valence-corrected chi connectivity index (χ1v) is 8.20. The summed E-state index contributed by atoms with van der Waals surface area (Å²) in [6.45, 7) is 0.437. The maximum absolute atomic E-state index is 12.1. The van der Waals surface area contributed by atoms with E-state index in [1.807, 2.05) is 36.4 Å². The number of aliphatic imine (C=N–C) groups is 1. The number of hydrogen-bond donors (Lipinski definition) is 1. The topological polar surface area (TPSA) is 69.2 Å².